The number of nitrogens with one attached hydrogen (secondary N) is 1. The van der Waals surface area contributed by atoms with Crippen molar-refractivity contribution >= 4 is 48.8 Å². The molecule has 8 heteroatoms. The largest absolute Gasteiger partial charge is 0.389 e. The van der Waals surface area contributed by atoms with Crippen LogP contribution < -0.4 is 10.5 Å². The standard InChI is InChI=1S/C13H12BrN3O2S2/c14-11-7-16-5-4-12(11)17-21(18,19)8-9-2-1-3-10(6-9)13(15)20/h1-7H,8H2,(H2,15,20)(H,16,17). The molecule has 0 bridgehead atoms. The molecule has 0 fully saturated rings. The second-order valence-corrected chi connectivity index (χ2v) is 7.30. The van der Waals surface area contributed by atoms with Crippen molar-refractivity contribution in [2.45, 2.75) is 5.75 Å². The maximum Gasteiger partial charge on any atom is 0.236 e. The fraction of sp³-hybridized carbons (Fsp3) is 0.0769. The van der Waals surface area contributed by atoms with Crippen molar-refractivity contribution in [1.29, 1.82) is 0 Å². The average Bonchev–Trinajstić information content (AvgIpc) is 2.41. The summed E-state index contributed by atoms with van der Waals surface area (Å²) in [6, 6.07) is 8.42. The Morgan fingerprint density at radius 2 is 2.14 bits per heavy atom. The van der Waals surface area contributed by atoms with E-state index in [0.29, 0.717) is 21.3 Å². The Bertz CT molecular complexity index is 778. The second kappa shape index (κ2) is 6.50. The van der Waals surface area contributed by atoms with Crippen molar-refractivity contribution in [3.8, 4) is 0 Å². The van der Waals surface area contributed by atoms with Gasteiger partial charge in [0.2, 0.25) is 10.0 Å². The summed E-state index contributed by atoms with van der Waals surface area (Å²) in [7, 11) is -3.54. The van der Waals surface area contributed by atoms with Crippen molar-refractivity contribution in [3.63, 3.8) is 0 Å². The summed E-state index contributed by atoms with van der Waals surface area (Å²) in [5.41, 5.74) is 7.23. The smallest absolute Gasteiger partial charge is 0.236 e. The molecule has 1 heterocycles. The van der Waals surface area contributed by atoms with Gasteiger partial charge in [-0.2, -0.15) is 0 Å². The zero-order valence-corrected chi connectivity index (χ0v) is 14.0. The third-order valence-electron chi connectivity index (χ3n) is 2.61. The van der Waals surface area contributed by atoms with E-state index in [0.717, 1.165) is 0 Å². The molecular formula is C13H12BrN3O2S2. The highest BCUT2D eigenvalue weighted by Gasteiger charge is 2.14. The van der Waals surface area contributed by atoms with Gasteiger partial charge < -0.3 is 5.73 Å². The predicted octanol–water partition coefficient (Wildman–Crippen LogP) is 2.42. The molecule has 0 atom stereocenters. The highest BCUT2D eigenvalue weighted by molar-refractivity contribution is 9.10. The van der Waals surface area contributed by atoms with E-state index in [2.05, 4.69) is 25.6 Å². The number of hydrogen-bond donors (Lipinski definition) is 2. The molecule has 110 valence electrons. The van der Waals surface area contributed by atoms with Gasteiger partial charge in [0.1, 0.15) is 4.99 Å². The lowest BCUT2D eigenvalue weighted by Gasteiger charge is -2.10. The SMILES string of the molecule is NC(=S)c1cccc(CS(=O)(=O)Nc2ccncc2Br)c1. The minimum absolute atomic E-state index is 0.168. The maximum absolute atomic E-state index is 12.2. The van der Waals surface area contributed by atoms with Crippen molar-refractivity contribution in [1.82, 2.24) is 4.98 Å². The number of aromatic nitrogens is 1. The quantitative estimate of drug-likeness (QED) is 0.771. The highest BCUT2D eigenvalue weighted by Crippen LogP contribution is 2.22. The van der Waals surface area contributed by atoms with E-state index in [9.17, 15) is 8.42 Å². The maximum atomic E-state index is 12.2. The minimum atomic E-state index is -3.54. The van der Waals surface area contributed by atoms with Crippen LogP contribution in [0.5, 0.6) is 0 Å². The van der Waals surface area contributed by atoms with E-state index in [1.165, 1.54) is 12.4 Å². The van der Waals surface area contributed by atoms with Crippen LogP contribution in [-0.2, 0) is 15.8 Å². The Hall–Kier alpha value is -1.51. The van der Waals surface area contributed by atoms with E-state index in [4.69, 9.17) is 18.0 Å². The molecule has 0 saturated carbocycles. The molecule has 0 unspecified atom stereocenters. The molecule has 0 spiro atoms. The molecule has 2 rings (SSSR count). The van der Waals surface area contributed by atoms with Crippen molar-refractivity contribution in [2.24, 2.45) is 5.73 Å². The van der Waals surface area contributed by atoms with Crippen LogP contribution in [0.1, 0.15) is 11.1 Å². The molecule has 0 aliphatic carbocycles. The molecule has 21 heavy (non-hydrogen) atoms. The molecule has 0 saturated heterocycles. The van der Waals surface area contributed by atoms with Crippen LogP contribution in [0.25, 0.3) is 0 Å². The van der Waals surface area contributed by atoms with E-state index < -0.39 is 10.0 Å². The number of sulfonamides is 1. The summed E-state index contributed by atoms with van der Waals surface area (Å²) in [5, 5.41) is 0. The molecule has 3 N–H and O–H groups in total. The van der Waals surface area contributed by atoms with Crippen molar-refractivity contribution < 1.29 is 8.42 Å². The fourth-order valence-corrected chi connectivity index (χ4v) is 3.51. The first-order valence-corrected chi connectivity index (χ1v) is 8.71. The van der Waals surface area contributed by atoms with Gasteiger partial charge >= 0.3 is 0 Å². The van der Waals surface area contributed by atoms with Gasteiger partial charge in [0.25, 0.3) is 0 Å². The van der Waals surface area contributed by atoms with Crippen molar-refractivity contribution in [2.75, 3.05) is 4.72 Å². The molecule has 0 aliphatic rings. The number of benzene rings is 1. The van der Waals surface area contributed by atoms with Gasteiger partial charge in [-0.3, -0.25) is 9.71 Å². The lowest BCUT2D eigenvalue weighted by molar-refractivity contribution is 0.600. The molecule has 5 nitrogen and oxygen atoms in total. The number of halogens is 1. The number of nitrogens with zero attached hydrogens (tertiary/aromatic N) is 1. The Kier molecular flexibility index (Phi) is 4.92. The topological polar surface area (TPSA) is 85.1 Å². The van der Waals surface area contributed by atoms with E-state index in [1.54, 1.807) is 30.3 Å². The van der Waals surface area contributed by atoms with Crippen LogP contribution in [0.15, 0.2) is 47.2 Å². The highest BCUT2D eigenvalue weighted by atomic mass is 79.9. The van der Waals surface area contributed by atoms with Gasteiger partial charge in [0.05, 0.1) is 15.9 Å². The summed E-state index contributed by atoms with van der Waals surface area (Å²) in [6.07, 6.45) is 3.03. The van der Waals surface area contributed by atoms with Crippen LogP contribution in [0, 0.1) is 0 Å². The monoisotopic (exact) mass is 385 g/mol. The van der Waals surface area contributed by atoms with Crippen LogP contribution in [0.4, 0.5) is 5.69 Å². The zero-order valence-electron chi connectivity index (χ0n) is 10.8. The molecule has 0 aliphatic heterocycles. The Balaban J connectivity index is 2.20. The van der Waals surface area contributed by atoms with Crippen LogP contribution in [-0.4, -0.2) is 18.4 Å². The van der Waals surface area contributed by atoms with Gasteiger partial charge in [-0.15, -0.1) is 0 Å². The number of thiocarbonyl (C=S) groups is 1. The number of rotatable bonds is 5. The van der Waals surface area contributed by atoms with Crippen molar-refractivity contribution in [3.05, 3.63) is 58.3 Å². The lowest BCUT2D eigenvalue weighted by Crippen LogP contribution is -2.16. The molecular weight excluding hydrogens is 374 g/mol. The summed E-state index contributed by atoms with van der Waals surface area (Å²) in [4.78, 5) is 4.12. The Morgan fingerprint density at radius 1 is 1.38 bits per heavy atom. The minimum Gasteiger partial charge on any atom is -0.389 e. The number of nitrogens with two attached hydrogens (primary N) is 1. The lowest BCUT2D eigenvalue weighted by atomic mass is 10.1. The predicted molar refractivity (Wildman–Crippen MR) is 90.5 cm³/mol. The van der Waals surface area contributed by atoms with Crippen LogP contribution >= 0.6 is 28.1 Å². The van der Waals surface area contributed by atoms with Gasteiger partial charge in [0.15, 0.2) is 0 Å². The van der Waals surface area contributed by atoms with Gasteiger partial charge in [0, 0.05) is 18.0 Å². The molecule has 1 aromatic heterocycles. The van der Waals surface area contributed by atoms with E-state index in [1.807, 2.05) is 0 Å². The van der Waals surface area contributed by atoms with Gasteiger partial charge in [-0.25, -0.2) is 8.42 Å². The first-order valence-electron chi connectivity index (χ1n) is 5.86. The molecule has 0 radical (unpaired) electrons. The van der Waals surface area contributed by atoms with Gasteiger partial charge in [-0.1, -0.05) is 30.4 Å². The fourth-order valence-electron chi connectivity index (χ4n) is 1.70. The van der Waals surface area contributed by atoms with Crippen LogP contribution in [0.2, 0.25) is 0 Å². The third-order valence-corrected chi connectivity index (χ3v) is 4.72. The zero-order chi connectivity index (χ0) is 15.5. The Morgan fingerprint density at radius 3 is 2.81 bits per heavy atom. The van der Waals surface area contributed by atoms with E-state index >= 15 is 0 Å². The average molecular weight is 386 g/mol. The third kappa shape index (κ3) is 4.48. The summed E-state index contributed by atoms with van der Waals surface area (Å²) in [6.45, 7) is 0. The molecule has 2 aromatic rings. The first-order chi connectivity index (χ1) is 9.87. The Labute approximate surface area is 136 Å². The summed E-state index contributed by atoms with van der Waals surface area (Å²) in [5.74, 6) is -0.168. The second-order valence-electron chi connectivity index (χ2n) is 4.28. The van der Waals surface area contributed by atoms with Crippen LogP contribution in [0.3, 0.4) is 0 Å². The number of hydrogen-bond acceptors (Lipinski definition) is 4. The normalized spacial score (nSPS) is 11.1. The molecule has 0 amide bonds. The first kappa shape index (κ1) is 15.9. The van der Waals surface area contributed by atoms with Gasteiger partial charge in [-0.05, 0) is 33.6 Å². The summed E-state index contributed by atoms with van der Waals surface area (Å²) < 4.78 is 27.5. The number of pyridine rings is 1. The molecule has 1 aromatic carbocycles. The van der Waals surface area contributed by atoms with E-state index in [-0.39, 0.29) is 10.7 Å². The number of anilines is 1. The summed E-state index contributed by atoms with van der Waals surface area (Å²) >= 11 is 8.13.